The van der Waals surface area contributed by atoms with Gasteiger partial charge in [-0.1, -0.05) is 18.5 Å². The first-order chi connectivity index (χ1) is 12.1. The third-order valence-electron chi connectivity index (χ3n) is 3.81. The molecule has 0 saturated carbocycles. The van der Waals surface area contributed by atoms with E-state index in [1.807, 2.05) is 42.5 Å². The van der Waals surface area contributed by atoms with Crippen molar-refractivity contribution in [2.75, 3.05) is 10.6 Å². The molecular weight excluding hydrogens is 334 g/mol. The lowest BCUT2D eigenvalue weighted by atomic mass is 10.2. The summed E-state index contributed by atoms with van der Waals surface area (Å²) in [6, 6.07) is 13.6. The van der Waals surface area contributed by atoms with Crippen molar-refractivity contribution in [2.45, 2.75) is 26.3 Å². The molecule has 0 radical (unpaired) electrons. The van der Waals surface area contributed by atoms with Crippen molar-refractivity contribution in [1.29, 1.82) is 0 Å². The van der Waals surface area contributed by atoms with Crippen molar-refractivity contribution in [1.82, 2.24) is 15.0 Å². The van der Waals surface area contributed by atoms with E-state index in [2.05, 4.69) is 39.4 Å². The highest BCUT2D eigenvalue weighted by molar-refractivity contribution is 6.30. The van der Waals surface area contributed by atoms with Gasteiger partial charge in [0, 0.05) is 40.8 Å². The summed E-state index contributed by atoms with van der Waals surface area (Å²) in [6.07, 6.45) is 4.50. The summed E-state index contributed by atoms with van der Waals surface area (Å²) in [4.78, 5) is 13.3. The van der Waals surface area contributed by atoms with E-state index >= 15 is 0 Å². The molecule has 2 N–H and O–H groups in total. The molecule has 0 aliphatic heterocycles. The average molecular weight is 354 g/mol. The number of halogens is 1. The minimum atomic E-state index is 0.288. The van der Waals surface area contributed by atoms with Crippen LogP contribution in [-0.2, 0) is 0 Å². The van der Waals surface area contributed by atoms with Gasteiger partial charge in [-0.15, -0.1) is 0 Å². The van der Waals surface area contributed by atoms with Gasteiger partial charge in [0.2, 0.25) is 5.95 Å². The Balaban J connectivity index is 1.95. The van der Waals surface area contributed by atoms with Crippen LogP contribution in [0.3, 0.4) is 0 Å². The van der Waals surface area contributed by atoms with E-state index < -0.39 is 0 Å². The zero-order valence-corrected chi connectivity index (χ0v) is 15.0. The summed E-state index contributed by atoms with van der Waals surface area (Å²) in [5.41, 5.74) is 2.74. The third kappa shape index (κ3) is 4.67. The Morgan fingerprint density at radius 1 is 1.04 bits per heavy atom. The molecule has 1 atom stereocenters. The highest BCUT2D eigenvalue weighted by atomic mass is 35.5. The van der Waals surface area contributed by atoms with Crippen LogP contribution >= 0.6 is 11.6 Å². The molecule has 5 nitrogen and oxygen atoms in total. The van der Waals surface area contributed by atoms with E-state index in [4.69, 9.17) is 11.6 Å². The summed E-state index contributed by atoms with van der Waals surface area (Å²) >= 11 is 5.95. The fourth-order valence-electron chi connectivity index (χ4n) is 2.25. The zero-order valence-electron chi connectivity index (χ0n) is 14.2. The Morgan fingerprint density at radius 3 is 2.44 bits per heavy atom. The van der Waals surface area contributed by atoms with Crippen LogP contribution in [0.25, 0.3) is 11.3 Å². The summed E-state index contributed by atoms with van der Waals surface area (Å²) in [6.45, 7) is 4.23. The van der Waals surface area contributed by atoms with Gasteiger partial charge in [-0.05, 0) is 49.7 Å². The number of benzene rings is 1. The number of hydrogen-bond donors (Lipinski definition) is 2. The van der Waals surface area contributed by atoms with Gasteiger partial charge in [0.15, 0.2) is 0 Å². The first-order valence-corrected chi connectivity index (χ1v) is 8.60. The topological polar surface area (TPSA) is 62.7 Å². The lowest BCUT2D eigenvalue weighted by Gasteiger charge is -2.14. The molecule has 0 unspecified atom stereocenters. The molecule has 0 amide bonds. The lowest BCUT2D eigenvalue weighted by Crippen LogP contribution is -2.16. The molecular formula is C19H20ClN5. The van der Waals surface area contributed by atoms with Gasteiger partial charge in [0.1, 0.15) is 5.82 Å². The normalized spacial score (nSPS) is 11.8. The second kappa shape index (κ2) is 7.94. The molecule has 0 spiro atoms. The fourth-order valence-corrected chi connectivity index (χ4v) is 2.38. The summed E-state index contributed by atoms with van der Waals surface area (Å²) in [5, 5.41) is 7.34. The Hall–Kier alpha value is -2.66. The monoisotopic (exact) mass is 353 g/mol. The molecule has 3 rings (SSSR count). The molecule has 6 heteroatoms. The number of pyridine rings is 1. The molecule has 0 fully saturated rings. The standard InChI is InChI=1S/C19H20ClN5/c1-3-13(2)22-19-24-17(14-8-10-21-11-9-14)12-18(25-19)23-16-6-4-15(20)5-7-16/h4-13H,3H2,1-2H3,(H2,22,23,24,25)/t13-/m0/s1. The van der Waals surface area contributed by atoms with Crippen molar-refractivity contribution in [3.8, 4) is 11.3 Å². The predicted molar refractivity (Wildman–Crippen MR) is 103 cm³/mol. The van der Waals surface area contributed by atoms with Crippen LogP contribution in [0.4, 0.5) is 17.5 Å². The van der Waals surface area contributed by atoms with Gasteiger partial charge in [-0.3, -0.25) is 4.98 Å². The van der Waals surface area contributed by atoms with Gasteiger partial charge < -0.3 is 10.6 Å². The number of nitrogens with one attached hydrogen (secondary N) is 2. The van der Waals surface area contributed by atoms with Crippen LogP contribution in [0, 0.1) is 0 Å². The van der Waals surface area contributed by atoms with Gasteiger partial charge in [-0.2, -0.15) is 4.98 Å². The Kier molecular flexibility index (Phi) is 5.46. The SMILES string of the molecule is CC[C@H](C)Nc1nc(Nc2ccc(Cl)cc2)cc(-c2ccncc2)n1. The van der Waals surface area contributed by atoms with Crippen LogP contribution in [0.1, 0.15) is 20.3 Å². The molecule has 0 aliphatic carbocycles. The van der Waals surface area contributed by atoms with Crippen molar-refractivity contribution >= 4 is 29.1 Å². The first-order valence-electron chi connectivity index (χ1n) is 8.22. The highest BCUT2D eigenvalue weighted by Gasteiger charge is 2.09. The first kappa shape index (κ1) is 17.2. The van der Waals surface area contributed by atoms with Crippen LogP contribution in [0.15, 0.2) is 54.9 Å². The zero-order chi connectivity index (χ0) is 17.6. The number of hydrogen-bond acceptors (Lipinski definition) is 5. The van der Waals surface area contributed by atoms with E-state index in [1.165, 1.54) is 0 Å². The van der Waals surface area contributed by atoms with E-state index in [9.17, 15) is 0 Å². The van der Waals surface area contributed by atoms with Crippen LogP contribution in [0.2, 0.25) is 5.02 Å². The maximum atomic E-state index is 5.95. The average Bonchev–Trinajstić information content (AvgIpc) is 2.64. The molecule has 0 saturated heterocycles. The minimum Gasteiger partial charge on any atom is -0.352 e. The number of aromatic nitrogens is 3. The Labute approximate surface area is 152 Å². The van der Waals surface area contributed by atoms with Crippen molar-refractivity contribution in [2.24, 2.45) is 0 Å². The van der Waals surface area contributed by atoms with E-state index in [0.717, 1.165) is 29.2 Å². The van der Waals surface area contributed by atoms with Crippen molar-refractivity contribution < 1.29 is 0 Å². The third-order valence-corrected chi connectivity index (χ3v) is 4.06. The van der Waals surface area contributed by atoms with E-state index in [0.29, 0.717) is 11.0 Å². The van der Waals surface area contributed by atoms with Crippen LogP contribution in [-0.4, -0.2) is 21.0 Å². The van der Waals surface area contributed by atoms with Gasteiger partial charge in [-0.25, -0.2) is 4.98 Å². The molecule has 0 bridgehead atoms. The minimum absolute atomic E-state index is 0.288. The van der Waals surface area contributed by atoms with E-state index in [-0.39, 0.29) is 6.04 Å². The quantitative estimate of drug-likeness (QED) is 0.642. The molecule has 0 aliphatic rings. The van der Waals surface area contributed by atoms with Gasteiger partial charge >= 0.3 is 0 Å². The molecule has 2 aromatic heterocycles. The fraction of sp³-hybridized carbons (Fsp3) is 0.211. The van der Waals surface area contributed by atoms with Gasteiger partial charge in [0.05, 0.1) is 5.69 Å². The summed E-state index contributed by atoms with van der Waals surface area (Å²) < 4.78 is 0. The second-order valence-electron chi connectivity index (χ2n) is 5.78. The Bertz CT molecular complexity index is 821. The van der Waals surface area contributed by atoms with Crippen molar-refractivity contribution in [3.05, 3.63) is 59.9 Å². The Morgan fingerprint density at radius 2 is 1.76 bits per heavy atom. The molecule has 1 aromatic carbocycles. The smallest absolute Gasteiger partial charge is 0.225 e. The number of anilines is 3. The molecule has 3 aromatic rings. The largest absolute Gasteiger partial charge is 0.352 e. The van der Waals surface area contributed by atoms with E-state index in [1.54, 1.807) is 12.4 Å². The lowest BCUT2D eigenvalue weighted by molar-refractivity contribution is 0.753. The number of nitrogens with zero attached hydrogens (tertiary/aromatic N) is 3. The van der Waals surface area contributed by atoms with Crippen molar-refractivity contribution in [3.63, 3.8) is 0 Å². The molecule has 128 valence electrons. The van der Waals surface area contributed by atoms with Crippen LogP contribution in [0.5, 0.6) is 0 Å². The maximum absolute atomic E-state index is 5.95. The summed E-state index contributed by atoms with van der Waals surface area (Å²) in [5.74, 6) is 1.31. The highest BCUT2D eigenvalue weighted by Crippen LogP contribution is 2.24. The number of rotatable bonds is 6. The van der Waals surface area contributed by atoms with Crippen LogP contribution < -0.4 is 10.6 Å². The summed E-state index contributed by atoms with van der Waals surface area (Å²) in [7, 11) is 0. The second-order valence-corrected chi connectivity index (χ2v) is 6.22. The van der Waals surface area contributed by atoms with Gasteiger partial charge in [0.25, 0.3) is 0 Å². The maximum Gasteiger partial charge on any atom is 0.225 e. The molecule has 2 heterocycles. The molecule has 25 heavy (non-hydrogen) atoms. The predicted octanol–water partition coefficient (Wildman–Crippen LogP) is 5.15.